The molecule has 20 heavy (non-hydrogen) atoms. The smallest absolute Gasteiger partial charge is 0.221 e. The van der Waals surface area contributed by atoms with Crippen molar-refractivity contribution in [2.24, 2.45) is 0 Å². The van der Waals surface area contributed by atoms with Gasteiger partial charge in [-0.2, -0.15) is 0 Å². The van der Waals surface area contributed by atoms with Gasteiger partial charge in [-0.1, -0.05) is 12.1 Å². The van der Waals surface area contributed by atoms with E-state index in [2.05, 4.69) is 31.7 Å². The lowest BCUT2D eigenvalue weighted by molar-refractivity contribution is -0.121. The molecule has 0 unspecified atom stereocenters. The number of rotatable bonds is 7. The fraction of sp³-hybridized carbons (Fsp3) is 0.357. The maximum atomic E-state index is 11.5. The molecule has 0 aliphatic rings. The summed E-state index contributed by atoms with van der Waals surface area (Å²) in [5.41, 5.74) is 2.61. The van der Waals surface area contributed by atoms with E-state index >= 15 is 0 Å². The molecule has 0 aliphatic heterocycles. The number of amides is 1. The highest BCUT2D eigenvalue weighted by Crippen LogP contribution is 2.12. The first kappa shape index (κ1) is 14.2. The minimum atomic E-state index is 0.0351. The van der Waals surface area contributed by atoms with Crippen molar-refractivity contribution in [2.45, 2.75) is 13.0 Å². The third-order valence-electron chi connectivity index (χ3n) is 2.93. The average Bonchev–Trinajstić information content (AvgIpc) is 2.90. The minimum absolute atomic E-state index is 0.0351. The molecule has 1 aromatic carbocycles. The second kappa shape index (κ2) is 6.81. The number of nitrogens with one attached hydrogen (secondary N) is 1. The lowest BCUT2D eigenvalue weighted by atomic mass is 10.2. The number of carbonyl (C=O) groups excluding carboxylic acids is 1. The van der Waals surface area contributed by atoms with Crippen LogP contribution in [0, 0.1) is 0 Å². The minimum Gasteiger partial charge on any atom is -0.353 e. The molecule has 2 rings (SSSR count). The predicted molar refractivity (Wildman–Crippen MR) is 76.0 cm³/mol. The molecular weight excluding hydrogens is 256 g/mol. The number of fused-ring (bicyclic) bond motifs is 1. The van der Waals surface area contributed by atoms with Gasteiger partial charge in [0.05, 0.1) is 0 Å². The Kier molecular flexibility index (Phi) is 4.84. The maximum absolute atomic E-state index is 11.5. The van der Waals surface area contributed by atoms with E-state index in [4.69, 9.17) is 0 Å². The summed E-state index contributed by atoms with van der Waals surface area (Å²) in [4.78, 5) is 13.6. The Balaban J connectivity index is 1.82. The Hall–Kier alpha value is -2.21. The van der Waals surface area contributed by atoms with Crippen LogP contribution in [0.1, 0.15) is 12.0 Å². The number of carbonyl (C=O) groups is 1. The first-order valence-corrected chi connectivity index (χ1v) is 6.46. The molecule has 106 valence electrons. The molecule has 0 fully saturated rings. The fourth-order valence-corrected chi connectivity index (χ4v) is 1.88. The number of hydrogen-bond acceptors (Lipinski definition) is 5. The summed E-state index contributed by atoms with van der Waals surface area (Å²) in [6, 6.07) is 5.81. The lowest BCUT2D eigenvalue weighted by Crippen LogP contribution is -2.28. The molecular formula is C14H18N4O2. The van der Waals surface area contributed by atoms with Crippen LogP contribution in [0.5, 0.6) is 0 Å². The van der Waals surface area contributed by atoms with Gasteiger partial charge in [0.2, 0.25) is 5.91 Å². The molecule has 1 amide bonds. The van der Waals surface area contributed by atoms with E-state index in [1.807, 2.05) is 25.2 Å². The molecule has 0 spiro atoms. The van der Waals surface area contributed by atoms with Gasteiger partial charge in [0, 0.05) is 26.1 Å². The van der Waals surface area contributed by atoms with Crippen LogP contribution in [0.15, 0.2) is 35.5 Å². The Labute approximate surface area is 117 Å². The third-order valence-corrected chi connectivity index (χ3v) is 2.93. The van der Waals surface area contributed by atoms with Gasteiger partial charge in [-0.15, -0.1) is 6.58 Å². The third kappa shape index (κ3) is 3.89. The van der Waals surface area contributed by atoms with Crippen molar-refractivity contribution in [3.63, 3.8) is 0 Å². The van der Waals surface area contributed by atoms with Crippen LogP contribution >= 0.6 is 0 Å². The number of hydrogen-bond donors (Lipinski definition) is 1. The van der Waals surface area contributed by atoms with Gasteiger partial charge < -0.3 is 10.2 Å². The molecule has 2 aromatic rings. The van der Waals surface area contributed by atoms with E-state index in [1.165, 1.54) is 0 Å². The van der Waals surface area contributed by atoms with Gasteiger partial charge in [-0.25, -0.2) is 4.63 Å². The van der Waals surface area contributed by atoms with Crippen LogP contribution < -0.4 is 5.32 Å². The average molecular weight is 274 g/mol. The number of benzene rings is 1. The topological polar surface area (TPSA) is 71.3 Å². The highest BCUT2D eigenvalue weighted by molar-refractivity contribution is 5.76. The van der Waals surface area contributed by atoms with E-state index < -0.39 is 0 Å². The zero-order valence-corrected chi connectivity index (χ0v) is 11.5. The molecule has 1 N–H and O–H groups in total. The van der Waals surface area contributed by atoms with E-state index in [1.54, 1.807) is 6.08 Å². The molecule has 1 aromatic heterocycles. The summed E-state index contributed by atoms with van der Waals surface area (Å²) in [6.45, 7) is 5.51. The normalized spacial score (nSPS) is 10.9. The van der Waals surface area contributed by atoms with Crippen molar-refractivity contribution in [2.75, 3.05) is 20.1 Å². The van der Waals surface area contributed by atoms with Gasteiger partial charge in [0.25, 0.3) is 0 Å². The zero-order valence-electron chi connectivity index (χ0n) is 11.5. The van der Waals surface area contributed by atoms with Crippen LogP contribution in [-0.4, -0.2) is 41.3 Å². The van der Waals surface area contributed by atoms with Crippen molar-refractivity contribution in [1.82, 2.24) is 20.5 Å². The Morgan fingerprint density at radius 2 is 2.25 bits per heavy atom. The molecule has 6 nitrogen and oxygen atoms in total. The summed E-state index contributed by atoms with van der Waals surface area (Å²) in [5, 5.41) is 10.3. The predicted octanol–water partition coefficient (Wildman–Crippen LogP) is 1.35. The molecule has 0 saturated carbocycles. The SMILES string of the molecule is C=CCNC(=O)CCN(C)Cc1ccc2nonc2c1. The van der Waals surface area contributed by atoms with Crippen LogP contribution in [0.25, 0.3) is 11.0 Å². The van der Waals surface area contributed by atoms with Crippen molar-refractivity contribution in [3.8, 4) is 0 Å². The summed E-state index contributed by atoms with van der Waals surface area (Å²) in [5.74, 6) is 0.0351. The van der Waals surface area contributed by atoms with Crippen LogP contribution in [-0.2, 0) is 11.3 Å². The molecule has 0 saturated heterocycles. The first-order chi connectivity index (χ1) is 9.69. The van der Waals surface area contributed by atoms with E-state index in [0.717, 1.165) is 23.1 Å². The van der Waals surface area contributed by atoms with Gasteiger partial charge in [-0.3, -0.25) is 4.79 Å². The van der Waals surface area contributed by atoms with E-state index in [9.17, 15) is 4.79 Å². The summed E-state index contributed by atoms with van der Waals surface area (Å²) in [6.07, 6.45) is 2.14. The largest absolute Gasteiger partial charge is 0.353 e. The van der Waals surface area contributed by atoms with Crippen LogP contribution in [0.2, 0.25) is 0 Å². The Morgan fingerprint density at radius 1 is 1.45 bits per heavy atom. The van der Waals surface area contributed by atoms with Crippen molar-refractivity contribution in [1.29, 1.82) is 0 Å². The van der Waals surface area contributed by atoms with Gasteiger partial charge >= 0.3 is 0 Å². The molecule has 0 radical (unpaired) electrons. The lowest BCUT2D eigenvalue weighted by Gasteiger charge is -2.16. The van der Waals surface area contributed by atoms with Crippen LogP contribution in [0.4, 0.5) is 0 Å². The van der Waals surface area contributed by atoms with E-state index in [0.29, 0.717) is 19.5 Å². The summed E-state index contributed by atoms with van der Waals surface area (Å²) >= 11 is 0. The van der Waals surface area contributed by atoms with Gasteiger partial charge in [0.15, 0.2) is 0 Å². The standard InChI is InChI=1S/C14H18N4O2/c1-3-7-15-14(19)6-8-18(2)10-11-4-5-12-13(9-11)17-20-16-12/h3-5,9H,1,6-8,10H2,2H3,(H,15,19). The Morgan fingerprint density at radius 3 is 3.05 bits per heavy atom. The van der Waals surface area contributed by atoms with Crippen LogP contribution in [0.3, 0.4) is 0 Å². The van der Waals surface area contributed by atoms with Crippen molar-refractivity contribution in [3.05, 3.63) is 36.4 Å². The highest BCUT2D eigenvalue weighted by atomic mass is 16.6. The zero-order chi connectivity index (χ0) is 14.4. The summed E-state index contributed by atoms with van der Waals surface area (Å²) < 4.78 is 4.67. The number of aromatic nitrogens is 2. The second-order valence-electron chi connectivity index (χ2n) is 4.67. The molecule has 6 heteroatoms. The second-order valence-corrected chi connectivity index (χ2v) is 4.67. The van der Waals surface area contributed by atoms with Gasteiger partial charge in [0.1, 0.15) is 11.0 Å². The maximum Gasteiger partial charge on any atom is 0.221 e. The molecule has 0 bridgehead atoms. The molecule has 1 heterocycles. The van der Waals surface area contributed by atoms with Crippen molar-refractivity contribution < 1.29 is 9.42 Å². The first-order valence-electron chi connectivity index (χ1n) is 6.46. The monoisotopic (exact) mass is 274 g/mol. The fourth-order valence-electron chi connectivity index (χ4n) is 1.88. The molecule has 0 atom stereocenters. The Bertz CT molecular complexity index is 594. The number of nitrogens with zero attached hydrogens (tertiary/aromatic N) is 3. The highest BCUT2D eigenvalue weighted by Gasteiger charge is 2.06. The van der Waals surface area contributed by atoms with Gasteiger partial charge in [-0.05, 0) is 35.1 Å². The molecule has 0 aliphatic carbocycles. The summed E-state index contributed by atoms with van der Waals surface area (Å²) in [7, 11) is 1.98. The van der Waals surface area contributed by atoms with Crippen molar-refractivity contribution >= 4 is 16.9 Å². The van der Waals surface area contributed by atoms with E-state index in [-0.39, 0.29) is 5.91 Å². The quantitative estimate of drug-likeness (QED) is 0.772.